The average Bonchev–Trinajstić information content (AvgIpc) is 2.79. The van der Waals surface area contributed by atoms with E-state index in [4.69, 9.17) is 4.74 Å². The second-order valence-electron chi connectivity index (χ2n) is 7.50. The Morgan fingerprint density at radius 3 is 2.43 bits per heavy atom. The molecule has 0 saturated carbocycles. The van der Waals surface area contributed by atoms with Gasteiger partial charge in [0.15, 0.2) is 5.96 Å². The van der Waals surface area contributed by atoms with Crippen molar-refractivity contribution < 1.29 is 13.7 Å². The number of benzene rings is 1. The molecule has 8 nitrogen and oxygen atoms in total. The summed E-state index contributed by atoms with van der Waals surface area (Å²) in [5, 5.41) is 3.34. The Bertz CT molecular complexity index is 717. The minimum absolute atomic E-state index is 0.190. The lowest BCUT2D eigenvalue weighted by Crippen LogP contribution is -2.55. The van der Waals surface area contributed by atoms with Crippen molar-refractivity contribution in [2.75, 3.05) is 78.4 Å². The summed E-state index contributed by atoms with van der Waals surface area (Å²) in [5.41, 5.74) is 1.10. The van der Waals surface area contributed by atoms with Crippen LogP contribution in [0.3, 0.4) is 0 Å². The van der Waals surface area contributed by atoms with Gasteiger partial charge in [-0.25, -0.2) is 0 Å². The van der Waals surface area contributed by atoms with Crippen molar-refractivity contribution in [2.24, 2.45) is 4.99 Å². The highest BCUT2D eigenvalue weighted by Gasteiger charge is 2.24. The van der Waals surface area contributed by atoms with Crippen molar-refractivity contribution in [3.05, 3.63) is 35.9 Å². The van der Waals surface area contributed by atoms with E-state index >= 15 is 0 Å². The Labute approximate surface area is 181 Å². The maximum atomic E-state index is 12.4. The normalized spacial score (nSPS) is 19.6. The zero-order valence-corrected chi connectivity index (χ0v) is 18.6. The van der Waals surface area contributed by atoms with Gasteiger partial charge in [0.25, 0.3) is 0 Å². The van der Waals surface area contributed by atoms with E-state index in [1.807, 2.05) is 35.2 Å². The van der Waals surface area contributed by atoms with Crippen LogP contribution >= 0.6 is 0 Å². The van der Waals surface area contributed by atoms with Gasteiger partial charge in [0.1, 0.15) is 0 Å². The lowest BCUT2D eigenvalue weighted by atomic mass is 10.2. The number of carbonyl (C=O) groups excluding carboxylic acids is 1. The molecule has 0 aliphatic carbocycles. The summed E-state index contributed by atoms with van der Waals surface area (Å²) in [6.45, 7) is 7.07. The van der Waals surface area contributed by atoms with Gasteiger partial charge < -0.3 is 19.9 Å². The molecule has 2 heterocycles. The number of nitrogens with one attached hydrogen (secondary N) is 1. The molecular formula is C21H33N5O3S. The molecule has 2 saturated heterocycles. The molecule has 30 heavy (non-hydrogen) atoms. The Balaban J connectivity index is 1.35. The van der Waals surface area contributed by atoms with Gasteiger partial charge >= 0.3 is 0 Å². The van der Waals surface area contributed by atoms with E-state index in [9.17, 15) is 9.00 Å². The number of amides is 1. The second kappa shape index (κ2) is 12.0. The molecule has 0 spiro atoms. The zero-order chi connectivity index (χ0) is 21.2. The van der Waals surface area contributed by atoms with Gasteiger partial charge in [-0.05, 0) is 5.56 Å². The van der Waals surface area contributed by atoms with E-state index < -0.39 is 10.8 Å². The van der Waals surface area contributed by atoms with Crippen molar-refractivity contribution in [3.8, 4) is 0 Å². The first-order valence-electron chi connectivity index (χ1n) is 10.6. The number of piperazine rings is 1. The van der Waals surface area contributed by atoms with Gasteiger partial charge in [0.2, 0.25) is 5.91 Å². The third-order valence-electron chi connectivity index (χ3n) is 5.39. The number of guanidine groups is 1. The van der Waals surface area contributed by atoms with Gasteiger partial charge in [-0.15, -0.1) is 0 Å². The van der Waals surface area contributed by atoms with Gasteiger partial charge in [-0.1, -0.05) is 30.3 Å². The fraction of sp³-hybridized carbons (Fsp3) is 0.619. The standard InChI is InChI=1S/C21H33N5O3S/c1-22-21(23-7-16-30(28)18-19-5-3-2-4-6-19)26-10-8-24(9-11-26)17-20(27)25-12-14-29-15-13-25/h2-6H,7-18H2,1H3,(H,22,23). The molecule has 0 aromatic heterocycles. The zero-order valence-electron chi connectivity index (χ0n) is 17.8. The molecular weight excluding hydrogens is 402 g/mol. The van der Waals surface area contributed by atoms with Crippen molar-refractivity contribution in [2.45, 2.75) is 5.75 Å². The van der Waals surface area contributed by atoms with Crippen LogP contribution in [0.15, 0.2) is 35.3 Å². The maximum Gasteiger partial charge on any atom is 0.236 e. The summed E-state index contributed by atoms with van der Waals surface area (Å²) in [6, 6.07) is 9.93. The molecule has 1 N–H and O–H groups in total. The van der Waals surface area contributed by atoms with E-state index in [0.29, 0.717) is 50.9 Å². The van der Waals surface area contributed by atoms with Crippen LogP contribution in [0.5, 0.6) is 0 Å². The van der Waals surface area contributed by atoms with Crippen LogP contribution in [0.1, 0.15) is 5.56 Å². The first kappa shape index (κ1) is 22.7. The molecule has 9 heteroatoms. The highest BCUT2D eigenvalue weighted by molar-refractivity contribution is 7.84. The minimum Gasteiger partial charge on any atom is -0.378 e. The lowest BCUT2D eigenvalue weighted by molar-refractivity contribution is -0.136. The largest absolute Gasteiger partial charge is 0.378 e. The Morgan fingerprint density at radius 2 is 1.77 bits per heavy atom. The van der Waals surface area contributed by atoms with E-state index in [-0.39, 0.29) is 5.91 Å². The molecule has 1 aromatic rings. The number of rotatable bonds is 7. The minimum atomic E-state index is -0.905. The Hall–Kier alpha value is -1.97. The summed E-state index contributed by atoms with van der Waals surface area (Å²) >= 11 is 0. The number of hydrogen-bond donors (Lipinski definition) is 1. The van der Waals surface area contributed by atoms with Gasteiger partial charge in [0, 0.05) is 75.2 Å². The SMILES string of the molecule is CN=C(NCCS(=O)Cc1ccccc1)N1CCN(CC(=O)N2CCOCC2)CC1. The van der Waals surface area contributed by atoms with Crippen LogP contribution in [0.25, 0.3) is 0 Å². The summed E-state index contributed by atoms with van der Waals surface area (Å²) in [5.74, 6) is 2.19. The third-order valence-corrected chi connectivity index (χ3v) is 6.70. The average molecular weight is 436 g/mol. The first-order valence-corrected chi connectivity index (χ1v) is 12.1. The molecule has 2 aliphatic rings. The molecule has 1 amide bonds. The van der Waals surface area contributed by atoms with E-state index in [0.717, 1.165) is 37.7 Å². The molecule has 0 bridgehead atoms. The predicted octanol–water partition coefficient (Wildman–Crippen LogP) is -0.0129. The quantitative estimate of drug-likeness (QED) is 0.479. The van der Waals surface area contributed by atoms with E-state index in [1.54, 1.807) is 7.05 Å². The van der Waals surface area contributed by atoms with Crippen molar-refractivity contribution in [1.82, 2.24) is 20.0 Å². The number of morpholine rings is 1. The number of nitrogens with zero attached hydrogens (tertiary/aromatic N) is 4. The van der Waals surface area contributed by atoms with Crippen LogP contribution in [0.2, 0.25) is 0 Å². The molecule has 1 atom stereocenters. The van der Waals surface area contributed by atoms with Crippen LogP contribution in [-0.4, -0.2) is 109 Å². The summed E-state index contributed by atoms with van der Waals surface area (Å²) < 4.78 is 17.6. The fourth-order valence-electron chi connectivity index (χ4n) is 3.66. The van der Waals surface area contributed by atoms with Crippen LogP contribution < -0.4 is 5.32 Å². The molecule has 1 aromatic carbocycles. The number of carbonyl (C=O) groups is 1. The molecule has 2 aliphatic heterocycles. The summed E-state index contributed by atoms with van der Waals surface area (Å²) in [4.78, 5) is 23.1. The third kappa shape index (κ3) is 7.07. The smallest absolute Gasteiger partial charge is 0.236 e. The number of ether oxygens (including phenoxy) is 1. The molecule has 1 unspecified atom stereocenters. The Morgan fingerprint density at radius 1 is 1.07 bits per heavy atom. The monoisotopic (exact) mass is 435 g/mol. The second-order valence-corrected chi connectivity index (χ2v) is 9.08. The molecule has 0 radical (unpaired) electrons. The summed E-state index contributed by atoms with van der Waals surface area (Å²) in [7, 11) is 0.871. The number of aliphatic imine (C=N–C) groups is 1. The topological polar surface area (TPSA) is 77.5 Å². The van der Waals surface area contributed by atoms with E-state index in [2.05, 4.69) is 20.1 Å². The van der Waals surface area contributed by atoms with Crippen LogP contribution in [0, 0.1) is 0 Å². The van der Waals surface area contributed by atoms with Gasteiger partial charge in [-0.2, -0.15) is 0 Å². The van der Waals surface area contributed by atoms with Crippen molar-refractivity contribution in [3.63, 3.8) is 0 Å². The highest BCUT2D eigenvalue weighted by atomic mass is 32.2. The van der Waals surface area contributed by atoms with Crippen molar-refractivity contribution in [1.29, 1.82) is 0 Å². The van der Waals surface area contributed by atoms with E-state index in [1.165, 1.54) is 0 Å². The summed E-state index contributed by atoms with van der Waals surface area (Å²) in [6.07, 6.45) is 0. The van der Waals surface area contributed by atoms with Crippen molar-refractivity contribution >= 4 is 22.7 Å². The fourth-order valence-corrected chi connectivity index (χ4v) is 4.70. The molecule has 166 valence electrons. The number of hydrogen-bond acceptors (Lipinski definition) is 5. The maximum absolute atomic E-state index is 12.4. The predicted molar refractivity (Wildman–Crippen MR) is 120 cm³/mol. The van der Waals surface area contributed by atoms with Crippen LogP contribution in [-0.2, 0) is 26.1 Å². The first-order chi connectivity index (χ1) is 14.7. The Kier molecular flexibility index (Phi) is 9.10. The molecule has 3 rings (SSSR count). The van der Waals surface area contributed by atoms with Gasteiger partial charge in [-0.3, -0.25) is 18.9 Å². The lowest BCUT2D eigenvalue weighted by Gasteiger charge is -2.37. The van der Waals surface area contributed by atoms with Gasteiger partial charge in [0.05, 0.1) is 19.8 Å². The highest BCUT2D eigenvalue weighted by Crippen LogP contribution is 2.06. The molecule has 2 fully saturated rings. The van der Waals surface area contributed by atoms with Crippen LogP contribution in [0.4, 0.5) is 0 Å².